The minimum absolute atomic E-state index is 0.0271. The fourth-order valence-corrected chi connectivity index (χ4v) is 4.86. The maximum Gasteiger partial charge on any atom is 0.274 e. The van der Waals surface area contributed by atoms with Gasteiger partial charge in [-0.2, -0.15) is 5.10 Å². The van der Waals surface area contributed by atoms with Crippen LogP contribution in [0.3, 0.4) is 0 Å². The van der Waals surface area contributed by atoms with Crippen LogP contribution in [0.25, 0.3) is 0 Å². The van der Waals surface area contributed by atoms with E-state index in [2.05, 4.69) is 22.5 Å². The van der Waals surface area contributed by atoms with Crippen molar-refractivity contribution in [2.45, 2.75) is 57.9 Å². The zero-order valence-corrected chi connectivity index (χ0v) is 20.1. The quantitative estimate of drug-likeness (QED) is 0.607. The highest BCUT2D eigenvalue weighted by Crippen LogP contribution is 2.25. The molecule has 2 aromatic rings. The Balaban J connectivity index is 1.25. The molecule has 0 radical (unpaired) electrons. The van der Waals surface area contributed by atoms with E-state index in [1.807, 2.05) is 30.1 Å². The van der Waals surface area contributed by atoms with Gasteiger partial charge in [0.1, 0.15) is 0 Å². The van der Waals surface area contributed by atoms with E-state index < -0.39 is 0 Å². The lowest BCUT2D eigenvalue weighted by Crippen LogP contribution is -2.39. The number of rotatable bonds is 8. The molecular formula is C26H35N5O3. The smallest absolute Gasteiger partial charge is 0.274 e. The number of fused-ring (bicyclic) bond motifs is 1. The Morgan fingerprint density at radius 1 is 0.971 bits per heavy atom. The van der Waals surface area contributed by atoms with Crippen LogP contribution >= 0.6 is 0 Å². The van der Waals surface area contributed by atoms with Crippen LogP contribution in [-0.2, 0) is 36.0 Å². The normalized spacial score (nSPS) is 15.7. The lowest BCUT2D eigenvalue weighted by molar-refractivity contribution is -0.134. The average Bonchev–Trinajstić information content (AvgIpc) is 3.21. The number of hydrogen-bond donors (Lipinski definition) is 1. The van der Waals surface area contributed by atoms with Gasteiger partial charge in [0.15, 0.2) is 5.69 Å². The van der Waals surface area contributed by atoms with Crippen molar-refractivity contribution < 1.29 is 14.4 Å². The molecule has 0 spiro atoms. The summed E-state index contributed by atoms with van der Waals surface area (Å²) in [6.07, 6.45) is 6.03. The van der Waals surface area contributed by atoms with E-state index >= 15 is 0 Å². The van der Waals surface area contributed by atoms with Crippen LogP contribution in [-0.4, -0.2) is 63.5 Å². The predicted molar refractivity (Wildman–Crippen MR) is 129 cm³/mol. The molecule has 8 nitrogen and oxygen atoms in total. The monoisotopic (exact) mass is 465 g/mol. The molecule has 2 aliphatic rings. The summed E-state index contributed by atoms with van der Waals surface area (Å²) in [7, 11) is 1.87. The Kier molecular flexibility index (Phi) is 7.98. The van der Waals surface area contributed by atoms with Crippen molar-refractivity contribution in [3.63, 3.8) is 0 Å². The summed E-state index contributed by atoms with van der Waals surface area (Å²) in [5, 5.41) is 7.44. The summed E-state index contributed by atoms with van der Waals surface area (Å²) >= 11 is 0. The fraction of sp³-hybridized carbons (Fsp3) is 0.538. The number of nitrogens with zero attached hydrogens (tertiary/aromatic N) is 4. The molecule has 0 atom stereocenters. The molecule has 1 aromatic heterocycles. The van der Waals surface area contributed by atoms with Gasteiger partial charge in [-0.3, -0.25) is 19.1 Å². The SMILES string of the molecule is Cn1nc(C(=O)N2CCCCC2)c2c1CCN(C(=O)CCC(=O)NCCCc1ccccc1)C2. The number of carbonyl (C=O) groups excluding carboxylic acids is 3. The standard InChI is InChI=1S/C26H35N5O3/c1-29-22-14-18-31(19-21(22)25(28-29)26(34)30-16-6-3-7-17-30)24(33)13-12-23(32)27-15-8-11-20-9-4-2-5-10-20/h2,4-5,9-10H,3,6-8,11-19H2,1H3,(H,27,32). The minimum Gasteiger partial charge on any atom is -0.356 e. The van der Waals surface area contributed by atoms with Gasteiger partial charge in [0.2, 0.25) is 11.8 Å². The van der Waals surface area contributed by atoms with E-state index in [9.17, 15) is 14.4 Å². The third-order valence-corrected chi connectivity index (χ3v) is 6.81. The number of amides is 3. The van der Waals surface area contributed by atoms with Crippen LogP contribution < -0.4 is 5.32 Å². The fourth-order valence-electron chi connectivity index (χ4n) is 4.86. The first-order valence-corrected chi connectivity index (χ1v) is 12.5. The summed E-state index contributed by atoms with van der Waals surface area (Å²) in [5.41, 5.74) is 3.63. The van der Waals surface area contributed by atoms with Crippen molar-refractivity contribution in [1.82, 2.24) is 24.9 Å². The van der Waals surface area contributed by atoms with Crippen LogP contribution in [0.1, 0.15) is 65.8 Å². The van der Waals surface area contributed by atoms with Crippen molar-refractivity contribution in [3.8, 4) is 0 Å². The summed E-state index contributed by atoms with van der Waals surface area (Å²) < 4.78 is 1.79. The van der Waals surface area contributed by atoms with Gasteiger partial charge in [-0.15, -0.1) is 0 Å². The molecule has 8 heteroatoms. The number of aryl methyl sites for hydroxylation is 2. The predicted octanol–water partition coefficient (Wildman–Crippen LogP) is 2.46. The summed E-state index contributed by atoms with van der Waals surface area (Å²) in [4.78, 5) is 41.8. The van der Waals surface area contributed by atoms with Crippen LogP contribution in [0.15, 0.2) is 30.3 Å². The molecule has 1 aromatic carbocycles. The zero-order chi connectivity index (χ0) is 23.9. The van der Waals surface area contributed by atoms with Crippen molar-refractivity contribution >= 4 is 17.7 Å². The summed E-state index contributed by atoms with van der Waals surface area (Å²) in [6.45, 7) is 3.12. The van der Waals surface area contributed by atoms with E-state index in [1.165, 1.54) is 5.56 Å². The van der Waals surface area contributed by atoms with Gasteiger partial charge in [-0.05, 0) is 37.7 Å². The molecule has 0 unspecified atom stereocenters. The van der Waals surface area contributed by atoms with E-state index in [0.717, 1.165) is 56.5 Å². The Labute approximate surface area is 201 Å². The zero-order valence-electron chi connectivity index (χ0n) is 20.1. The molecule has 4 rings (SSSR count). The number of nitrogens with one attached hydrogen (secondary N) is 1. The Hall–Kier alpha value is -3.16. The lowest BCUT2D eigenvalue weighted by atomic mass is 10.0. The van der Waals surface area contributed by atoms with Gasteiger partial charge in [-0.1, -0.05) is 30.3 Å². The van der Waals surface area contributed by atoms with Gasteiger partial charge in [0.05, 0.1) is 0 Å². The molecule has 1 saturated heterocycles. The molecule has 1 N–H and O–H groups in total. The lowest BCUT2D eigenvalue weighted by Gasteiger charge is -2.29. The second-order valence-electron chi connectivity index (χ2n) is 9.25. The van der Waals surface area contributed by atoms with Gasteiger partial charge in [0, 0.05) is 70.3 Å². The number of likely N-dealkylation sites (tertiary alicyclic amines) is 1. The molecule has 3 heterocycles. The van der Waals surface area contributed by atoms with Crippen molar-refractivity contribution in [1.29, 1.82) is 0 Å². The molecule has 2 aliphatic heterocycles. The molecular weight excluding hydrogens is 430 g/mol. The van der Waals surface area contributed by atoms with Crippen LogP contribution in [0, 0.1) is 0 Å². The van der Waals surface area contributed by atoms with E-state index in [4.69, 9.17) is 0 Å². The Morgan fingerprint density at radius 3 is 2.50 bits per heavy atom. The molecule has 0 bridgehead atoms. The van der Waals surface area contributed by atoms with E-state index in [-0.39, 0.29) is 30.6 Å². The Bertz CT molecular complexity index is 1010. The summed E-state index contributed by atoms with van der Waals surface area (Å²) in [6, 6.07) is 10.2. The first-order chi connectivity index (χ1) is 16.5. The van der Waals surface area contributed by atoms with Crippen LogP contribution in [0.5, 0.6) is 0 Å². The number of hydrogen-bond acceptors (Lipinski definition) is 4. The van der Waals surface area contributed by atoms with Gasteiger partial charge < -0.3 is 15.1 Å². The summed E-state index contributed by atoms with van der Waals surface area (Å²) in [5.74, 6) is -0.174. The van der Waals surface area contributed by atoms with Gasteiger partial charge >= 0.3 is 0 Å². The minimum atomic E-state index is -0.0959. The molecule has 0 aliphatic carbocycles. The topological polar surface area (TPSA) is 87.5 Å². The third-order valence-electron chi connectivity index (χ3n) is 6.81. The first kappa shape index (κ1) is 24.0. The van der Waals surface area contributed by atoms with Crippen LogP contribution in [0.2, 0.25) is 0 Å². The van der Waals surface area contributed by atoms with E-state index in [1.54, 1.807) is 9.58 Å². The van der Waals surface area contributed by atoms with Crippen molar-refractivity contribution in [3.05, 3.63) is 52.8 Å². The van der Waals surface area contributed by atoms with Gasteiger partial charge in [-0.25, -0.2) is 0 Å². The maximum atomic E-state index is 13.1. The highest BCUT2D eigenvalue weighted by molar-refractivity contribution is 5.94. The maximum absolute atomic E-state index is 13.1. The molecule has 34 heavy (non-hydrogen) atoms. The largest absolute Gasteiger partial charge is 0.356 e. The first-order valence-electron chi connectivity index (χ1n) is 12.5. The molecule has 0 saturated carbocycles. The highest BCUT2D eigenvalue weighted by Gasteiger charge is 2.31. The molecule has 1 fully saturated rings. The number of aromatic nitrogens is 2. The molecule has 3 amide bonds. The molecule has 182 valence electrons. The average molecular weight is 466 g/mol. The second-order valence-corrected chi connectivity index (χ2v) is 9.25. The number of piperidine rings is 1. The van der Waals surface area contributed by atoms with Crippen LogP contribution in [0.4, 0.5) is 0 Å². The van der Waals surface area contributed by atoms with Crippen molar-refractivity contribution in [2.75, 3.05) is 26.2 Å². The number of benzene rings is 1. The van der Waals surface area contributed by atoms with Crippen molar-refractivity contribution in [2.24, 2.45) is 7.05 Å². The van der Waals surface area contributed by atoms with E-state index in [0.29, 0.717) is 31.7 Å². The second kappa shape index (κ2) is 11.3. The third kappa shape index (κ3) is 5.85. The van der Waals surface area contributed by atoms with Gasteiger partial charge in [0.25, 0.3) is 5.91 Å². The number of carbonyl (C=O) groups is 3. The highest BCUT2D eigenvalue weighted by atomic mass is 16.2. The Morgan fingerprint density at radius 2 is 1.74 bits per heavy atom.